The van der Waals surface area contributed by atoms with Gasteiger partial charge in [0.05, 0.1) is 18.6 Å². The zero-order valence-electron chi connectivity index (χ0n) is 17.5. The van der Waals surface area contributed by atoms with Gasteiger partial charge in [0.25, 0.3) is 0 Å². The minimum atomic E-state index is -0.604. The second-order valence-electron chi connectivity index (χ2n) is 8.46. The number of amides is 1. The molecule has 2 aliphatic rings. The zero-order chi connectivity index (χ0) is 21.4. The van der Waals surface area contributed by atoms with Crippen molar-refractivity contribution in [3.05, 3.63) is 77.9 Å². The fourth-order valence-corrected chi connectivity index (χ4v) is 4.43. The molecule has 1 aliphatic carbocycles. The second-order valence-corrected chi connectivity index (χ2v) is 8.46. The SMILES string of the molecule is COc1ccc(C(=O)CC2(C(=O)NC3CCc4ccccc4-n4ccnc43)CC2)cc1. The predicted molar refractivity (Wildman–Crippen MR) is 116 cm³/mol. The van der Waals surface area contributed by atoms with Crippen molar-refractivity contribution in [1.82, 2.24) is 14.9 Å². The molecule has 1 N–H and O–H groups in total. The number of Topliss-reactive ketones (excluding diaryl/α,β-unsaturated/α-hetero) is 1. The highest BCUT2D eigenvalue weighted by Gasteiger charge is 2.51. The number of hydrogen-bond donors (Lipinski definition) is 1. The molecule has 0 saturated heterocycles. The number of fused-ring (bicyclic) bond motifs is 3. The third-order valence-electron chi connectivity index (χ3n) is 6.49. The van der Waals surface area contributed by atoms with Gasteiger partial charge in [-0.1, -0.05) is 18.2 Å². The lowest BCUT2D eigenvalue weighted by molar-refractivity contribution is -0.127. The van der Waals surface area contributed by atoms with Gasteiger partial charge in [-0.05, 0) is 61.6 Å². The Hall–Kier alpha value is -3.41. The standard InChI is InChI=1S/C25H25N3O3/c1-31-19-9-6-18(7-10-19)22(29)16-25(12-13-25)24(30)27-20-11-8-17-4-2-3-5-21(17)28-15-14-26-23(20)28/h2-7,9-10,14-15,20H,8,11-13,16H2,1H3,(H,27,30). The number of hydrogen-bond acceptors (Lipinski definition) is 4. The van der Waals surface area contributed by atoms with Gasteiger partial charge in [-0.3, -0.25) is 9.59 Å². The van der Waals surface area contributed by atoms with Crippen molar-refractivity contribution in [1.29, 1.82) is 0 Å². The van der Waals surface area contributed by atoms with Crippen LogP contribution in [0.25, 0.3) is 5.69 Å². The van der Waals surface area contributed by atoms with E-state index in [-0.39, 0.29) is 24.2 Å². The highest BCUT2D eigenvalue weighted by molar-refractivity contribution is 6.00. The smallest absolute Gasteiger partial charge is 0.227 e. The summed E-state index contributed by atoms with van der Waals surface area (Å²) in [5, 5.41) is 3.22. The lowest BCUT2D eigenvalue weighted by Crippen LogP contribution is -2.37. The van der Waals surface area contributed by atoms with Gasteiger partial charge in [-0.15, -0.1) is 0 Å². The topological polar surface area (TPSA) is 73.2 Å². The molecule has 5 rings (SSSR count). The highest BCUT2D eigenvalue weighted by atomic mass is 16.5. The fourth-order valence-electron chi connectivity index (χ4n) is 4.43. The molecular weight excluding hydrogens is 390 g/mol. The summed E-state index contributed by atoms with van der Waals surface area (Å²) in [6, 6.07) is 15.2. The lowest BCUT2D eigenvalue weighted by Gasteiger charge is -2.21. The molecule has 6 nitrogen and oxygen atoms in total. The summed E-state index contributed by atoms with van der Waals surface area (Å²) in [6.07, 6.45) is 7.07. The van der Waals surface area contributed by atoms with Gasteiger partial charge in [0, 0.05) is 30.1 Å². The largest absolute Gasteiger partial charge is 0.497 e. The summed E-state index contributed by atoms with van der Waals surface area (Å²) < 4.78 is 7.22. The Kier molecular flexibility index (Phi) is 4.85. The minimum Gasteiger partial charge on any atom is -0.497 e. The Morgan fingerprint density at radius 1 is 1.16 bits per heavy atom. The quantitative estimate of drug-likeness (QED) is 0.617. The maximum absolute atomic E-state index is 13.3. The van der Waals surface area contributed by atoms with Crippen LogP contribution in [0.5, 0.6) is 5.75 Å². The molecule has 1 saturated carbocycles. The number of methoxy groups -OCH3 is 1. The van der Waals surface area contributed by atoms with E-state index < -0.39 is 5.41 Å². The zero-order valence-corrected chi connectivity index (χ0v) is 17.5. The van der Waals surface area contributed by atoms with Crippen LogP contribution in [0.4, 0.5) is 0 Å². The summed E-state index contributed by atoms with van der Waals surface area (Å²) in [4.78, 5) is 30.6. The molecule has 1 fully saturated rings. The minimum absolute atomic E-state index is 0.00919. The van der Waals surface area contributed by atoms with Crippen LogP contribution >= 0.6 is 0 Å². The fraction of sp³-hybridized carbons (Fsp3) is 0.320. The van der Waals surface area contributed by atoms with Gasteiger partial charge in [0.1, 0.15) is 11.6 Å². The molecule has 1 atom stereocenters. The van der Waals surface area contributed by atoms with Crippen LogP contribution in [0.1, 0.15) is 53.5 Å². The maximum atomic E-state index is 13.3. The van der Waals surface area contributed by atoms with Crippen molar-refractivity contribution in [3.63, 3.8) is 0 Å². The van der Waals surface area contributed by atoms with Crippen LogP contribution in [0.3, 0.4) is 0 Å². The van der Waals surface area contributed by atoms with E-state index in [0.717, 1.165) is 37.2 Å². The first-order valence-corrected chi connectivity index (χ1v) is 10.7. The normalized spacial score (nSPS) is 18.3. The summed E-state index contributed by atoms with van der Waals surface area (Å²) in [5.74, 6) is 1.50. The van der Waals surface area contributed by atoms with E-state index in [1.54, 1.807) is 37.6 Å². The molecule has 3 aromatic rings. The van der Waals surface area contributed by atoms with Crippen LogP contribution in [0.15, 0.2) is 60.9 Å². The van der Waals surface area contributed by atoms with Gasteiger partial charge < -0.3 is 14.6 Å². The molecule has 0 radical (unpaired) electrons. The monoisotopic (exact) mass is 415 g/mol. The van der Waals surface area contributed by atoms with Gasteiger partial charge in [0.2, 0.25) is 5.91 Å². The molecule has 31 heavy (non-hydrogen) atoms. The molecule has 0 spiro atoms. The van der Waals surface area contributed by atoms with E-state index in [1.807, 2.05) is 18.3 Å². The Morgan fingerprint density at radius 2 is 1.94 bits per heavy atom. The molecule has 1 amide bonds. The van der Waals surface area contributed by atoms with Gasteiger partial charge in [-0.2, -0.15) is 0 Å². The molecular formula is C25H25N3O3. The molecule has 6 heteroatoms. The maximum Gasteiger partial charge on any atom is 0.227 e. The van der Waals surface area contributed by atoms with Crippen LogP contribution in [0.2, 0.25) is 0 Å². The van der Waals surface area contributed by atoms with Crippen molar-refractivity contribution in [2.45, 2.75) is 38.1 Å². The van der Waals surface area contributed by atoms with E-state index in [0.29, 0.717) is 11.3 Å². The van der Waals surface area contributed by atoms with Crippen molar-refractivity contribution in [2.75, 3.05) is 7.11 Å². The number of carbonyl (C=O) groups is 2. The molecule has 0 bridgehead atoms. The van der Waals surface area contributed by atoms with E-state index in [4.69, 9.17) is 4.74 Å². The van der Waals surface area contributed by atoms with Gasteiger partial charge in [-0.25, -0.2) is 4.98 Å². The Balaban J connectivity index is 1.31. The number of ketones is 1. The first-order chi connectivity index (χ1) is 15.1. The third-order valence-corrected chi connectivity index (χ3v) is 6.49. The van der Waals surface area contributed by atoms with Crippen molar-refractivity contribution < 1.29 is 14.3 Å². The first-order valence-electron chi connectivity index (χ1n) is 10.7. The summed E-state index contributed by atoms with van der Waals surface area (Å²) in [7, 11) is 1.59. The Bertz CT molecular complexity index is 1130. The number of aryl methyl sites for hydroxylation is 1. The average molecular weight is 415 g/mol. The van der Waals surface area contributed by atoms with Gasteiger partial charge >= 0.3 is 0 Å². The number of carbonyl (C=O) groups excluding carboxylic acids is 2. The van der Waals surface area contributed by atoms with E-state index in [9.17, 15) is 9.59 Å². The number of ether oxygens (including phenoxy) is 1. The highest BCUT2D eigenvalue weighted by Crippen LogP contribution is 2.50. The predicted octanol–water partition coefficient (Wildman–Crippen LogP) is 4.04. The average Bonchev–Trinajstić information content (AvgIpc) is 3.46. The first kappa shape index (κ1) is 19.5. The van der Waals surface area contributed by atoms with Crippen LogP contribution in [0, 0.1) is 5.41 Å². The molecule has 2 heterocycles. The van der Waals surface area contributed by atoms with Crippen molar-refractivity contribution in [3.8, 4) is 11.4 Å². The molecule has 1 aliphatic heterocycles. The van der Waals surface area contributed by atoms with Crippen LogP contribution < -0.4 is 10.1 Å². The number of nitrogens with zero attached hydrogens (tertiary/aromatic N) is 2. The van der Waals surface area contributed by atoms with Crippen molar-refractivity contribution >= 4 is 11.7 Å². The van der Waals surface area contributed by atoms with E-state index in [1.165, 1.54) is 5.56 Å². The summed E-state index contributed by atoms with van der Waals surface area (Å²) in [5.41, 5.74) is 2.37. The molecule has 1 aromatic heterocycles. The second kappa shape index (κ2) is 7.69. The Morgan fingerprint density at radius 3 is 2.68 bits per heavy atom. The van der Waals surface area contributed by atoms with E-state index >= 15 is 0 Å². The lowest BCUT2D eigenvalue weighted by atomic mass is 9.94. The van der Waals surface area contributed by atoms with E-state index in [2.05, 4.69) is 27.0 Å². The number of para-hydroxylation sites is 1. The number of imidazole rings is 1. The molecule has 1 unspecified atom stereocenters. The number of aromatic nitrogens is 2. The number of benzene rings is 2. The van der Waals surface area contributed by atoms with Gasteiger partial charge in [0.15, 0.2) is 5.78 Å². The number of rotatable bonds is 6. The number of nitrogens with one attached hydrogen (secondary N) is 1. The van der Waals surface area contributed by atoms with Crippen LogP contribution in [-0.4, -0.2) is 28.4 Å². The molecule has 2 aromatic carbocycles. The summed E-state index contributed by atoms with van der Waals surface area (Å²) in [6.45, 7) is 0. The van der Waals surface area contributed by atoms with Crippen molar-refractivity contribution in [2.24, 2.45) is 5.41 Å². The Labute approximate surface area is 181 Å². The third kappa shape index (κ3) is 3.63. The molecule has 158 valence electrons. The summed E-state index contributed by atoms with van der Waals surface area (Å²) >= 11 is 0. The van der Waals surface area contributed by atoms with Crippen LogP contribution in [-0.2, 0) is 11.2 Å².